The monoisotopic (exact) mass is 343 g/mol. The Morgan fingerprint density at radius 2 is 2.08 bits per heavy atom. The number of furan rings is 1. The van der Waals surface area contributed by atoms with E-state index in [9.17, 15) is 9.59 Å². The van der Waals surface area contributed by atoms with Crippen LogP contribution in [0.15, 0.2) is 34.9 Å². The second kappa shape index (κ2) is 6.63. The quantitative estimate of drug-likeness (QED) is 0.919. The second-order valence-electron chi connectivity index (χ2n) is 6.62. The second-order valence-corrected chi connectivity index (χ2v) is 6.62. The normalized spacial score (nSPS) is 16.6. The van der Waals surface area contributed by atoms with Crippen LogP contribution < -0.4 is 9.64 Å². The Hall–Kier alpha value is -2.76. The fraction of sp³-hybridized carbons (Fsp3) is 0.368. The number of carboxylic acids is 1. The smallest absolute Gasteiger partial charge is 0.338 e. The van der Waals surface area contributed by atoms with Crippen molar-refractivity contribution in [2.45, 2.75) is 20.3 Å². The first-order valence-corrected chi connectivity index (χ1v) is 8.21. The van der Waals surface area contributed by atoms with Crippen molar-refractivity contribution in [1.29, 1.82) is 0 Å². The van der Waals surface area contributed by atoms with Gasteiger partial charge < -0.3 is 19.2 Å². The fourth-order valence-electron chi connectivity index (χ4n) is 3.13. The summed E-state index contributed by atoms with van der Waals surface area (Å²) in [5.74, 6) is 0.0412. The predicted molar refractivity (Wildman–Crippen MR) is 92.4 cm³/mol. The predicted octanol–water partition coefficient (Wildman–Crippen LogP) is 3.46. The van der Waals surface area contributed by atoms with E-state index in [1.807, 2.05) is 18.2 Å². The zero-order valence-corrected chi connectivity index (χ0v) is 14.5. The largest absolute Gasteiger partial charge is 0.497 e. The van der Waals surface area contributed by atoms with Crippen molar-refractivity contribution in [3.63, 3.8) is 0 Å². The molecule has 1 unspecified atom stereocenters. The molecule has 6 heteroatoms. The number of rotatable bonds is 4. The molecule has 3 rings (SSSR count). The van der Waals surface area contributed by atoms with Crippen molar-refractivity contribution in [3.05, 3.63) is 47.4 Å². The molecule has 0 fully saturated rings. The van der Waals surface area contributed by atoms with Crippen LogP contribution in [-0.2, 0) is 6.42 Å². The molecule has 0 saturated carbocycles. The highest BCUT2D eigenvalue weighted by molar-refractivity contribution is 6.06. The Labute approximate surface area is 146 Å². The van der Waals surface area contributed by atoms with Crippen LogP contribution in [0.1, 0.15) is 40.3 Å². The van der Waals surface area contributed by atoms with E-state index in [-0.39, 0.29) is 17.2 Å². The van der Waals surface area contributed by atoms with E-state index in [1.54, 1.807) is 12.0 Å². The van der Waals surface area contributed by atoms with Crippen molar-refractivity contribution >= 4 is 17.6 Å². The van der Waals surface area contributed by atoms with Gasteiger partial charge in [-0.05, 0) is 42.0 Å². The van der Waals surface area contributed by atoms with Gasteiger partial charge in [0, 0.05) is 18.3 Å². The van der Waals surface area contributed by atoms with Crippen molar-refractivity contribution in [3.8, 4) is 5.75 Å². The average Bonchev–Trinajstić information content (AvgIpc) is 3.09. The molecule has 1 N–H and O–H groups in total. The molecule has 0 aliphatic carbocycles. The van der Waals surface area contributed by atoms with Crippen molar-refractivity contribution in [2.24, 2.45) is 11.8 Å². The maximum absolute atomic E-state index is 12.9. The van der Waals surface area contributed by atoms with Crippen LogP contribution in [0.25, 0.3) is 0 Å². The van der Waals surface area contributed by atoms with Crippen LogP contribution >= 0.6 is 0 Å². The van der Waals surface area contributed by atoms with Crippen LogP contribution in [0.4, 0.5) is 5.69 Å². The molecule has 0 bridgehead atoms. The van der Waals surface area contributed by atoms with E-state index in [4.69, 9.17) is 14.3 Å². The molecule has 2 aromatic rings. The number of carbonyl (C=O) groups is 2. The van der Waals surface area contributed by atoms with Gasteiger partial charge >= 0.3 is 5.97 Å². The number of fused-ring (bicyclic) bond motifs is 1. The lowest BCUT2D eigenvalue weighted by Crippen LogP contribution is -2.41. The van der Waals surface area contributed by atoms with E-state index in [1.165, 1.54) is 6.07 Å². The molecule has 1 aromatic carbocycles. The Balaban J connectivity index is 1.99. The molecule has 1 amide bonds. The Kier molecular flexibility index (Phi) is 4.53. The summed E-state index contributed by atoms with van der Waals surface area (Å²) < 4.78 is 10.5. The summed E-state index contributed by atoms with van der Waals surface area (Å²) in [5, 5.41) is 9.02. The number of hydrogen-bond donors (Lipinski definition) is 1. The van der Waals surface area contributed by atoms with Crippen molar-refractivity contribution in [1.82, 2.24) is 0 Å². The van der Waals surface area contributed by atoms with Crippen LogP contribution in [0.3, 0.4) is 0 Å². The summed E-state index contributed by atoms with van der Waals surface area (Å²) in [6, 6.07) is 6.91. The van der Waals surface area contributed by atoms with Crippen molar-refractivity contribution < 1.29 is 23.8 Å². The van der Waals surface area contributed by atoms with Crippen LogP contribution in [0.2, 0.25) is 0 Å². The third kappa shape index (κ3) is 3.24. The van der Waals surface area contributed by atoms with Gasteiger partial charge in [-0.2, -0.15) is 0 Å². The SMILES string of the molecule is COc1ccc2c(c1)CC(C(C)C)CN2C(=O)c1cc(C(=O)O)co1. The topological polar surface area (TPSA) is 80.0 Å². The van der Waals surface area contributed by atoms with Gasteiger partial charge in [0.1, 0.15) is 12.0 Å². The first-order valence-electron chi connectivity index (χ1n) is 8.21. The van der Waals surface area contributed by atoms with Gasteiger partial charge in [0.25, 0.3) is 5.91 Å². The maximum atomic E-state index is 12.9. The molecule has 1 aromatic heterocycles. The summed E-state index contributed by atoms with van der Waals surface area (Å²) in [7, 11) is 1.61. The van der Waals surface area contributed by atoms with Gasteiger partial charge in [-0.25, -0.2) is 4.79 Å². The molecule has 0 spiro atoms. The van der Waals surface area contributed by atoms with E-state index in [2.05, 4.69) is 13.8 Å². The van der Waals surface area contributed by atoms with Gasteiger partial charge in [-0.3, -0.25) is 4.79 Å². The number of ether oxygens (including phenoxy) is 1. The first-order chi connectivity index (χ1) is 11.9. The molecule has 0 radical (unpaired) electrons. The standard InChI is InChI=1S/C19H21NO5/c1-11(2)13-6-12-7-15(24-3)4-5-16(12)20(9-13)18(21)17-8-14(10-25-17)19(22)23/h4-5,7-8,10-11,13H,6,9H2,1-3H3,(H,22,23). The van der Waals surface area contributed by atoms with Gasteiger partial charge in [0.15, 0.2) is 5.76 Å². The zero-order valence-electron chi connectivity index (χ0n) is 14.5. The Morgan fingerprint density at radius 3 is 2.68 bits per heavy atom. The van der Waals surface area contributed by atoms with E-state index >= 15 is 0 Å². The summed E-state index contributed by atoms with van der Waals surface area (Å²) in [4.78, 5) is 25.6. The van der Waals surface area contributed by atoms with Crippen LogP contribution in [0.5, 0.6) is 5.75 Å². The number of anilines is 1. The maximum Gasteiger partial charge on any atom is 0.338 e. The molecule has 6 nitrogen and oxygen atoms in total. The molecule has 2 heterocycles. The van der Waals surface area contributed by atoms with Gasteiger partial charge in [0.2, 0.25) is 0 Å². The lowest BCUT2D eigenvalue weighted by atomic mass is 9.84. The average molecular weight is 343 g/mol. The highest BCUT2D eigenvalue weighted by Crippen LogP contribution is 2.36. The number of nitrogens with zero attached hydrogens (tertiary/aromatic N) is 1. The first kappa shape index (κ1) is 17.1. The third-order valence-electron chi connectivity index (χ3n) is 4.72. The minimum atomic E-state index is -1.12. The molecule has 1 aliphatic rings. The van der Waals surface area contributed by atoms with E-state index < -0.39 is 5.97 Å². The molecule has 1 atom stereocenters. The van der Waals surface area contributed by atoms with Gasteiger partial charge in [0.05, 0.1) is 12.7 Å². The molecule has 25 heavy (non-hydrogen) atoms. The van der Waals surface area contributed by atoms with Crippen molar-refractivity contribution in [2.75, 3.05) is 18.6 Å². The summed E-state index contributed by atoms with van der Waals surface area (Å²) >= 11 is 0. The number of carbonyl (C=O) groups excluding carboxylic acids is 1. The molecule has 132 valence electrons. The fourth-order valence-corrected chi connectivity index (χ4v) is 3.13. The number of benzene rings is 1. The summed E-state index contributed by atoms with van der Waals surface area (Å²) in [6.07, 6.45) is 1.96. The Bertz CT molecular complexity index is 808. The summed E-state index contributed by atoms with van der Waals surface area (Å²) in [5.41, 5.74) is 1.83. The van der Waals surface area contributed by atoms with Crippen LogP contribution in [-0.4, -0.2) is 30.6 Å². The minimum absolute atomic E-state index is 0.0311. The van der Waals surface area contributed by atoms with Gasteiger partial charge in [-0.15, -0.1) is 0 Å². The summed E-state index contributed by atoms with van der Waals surface area (Å²) in [6.45, 7) is 4.83. The highest BCUT2D eigenvalue weighted by Gasteiger charge is 2.32. The number of amides is 1. The van der Waals surface area contributed by atoms with Gasteiger partial charge in [-0.1, -0.05) is 13.8 Å². The third-order valence-corrected chi connectivity index (χ3v) is 4.72. The zero-order chi connectivity index (χ0) is 18.1. The highest BCUT2D eigenvalue weighted by atomic mass is 16.5. The number of hydrogen-bond acceptors (Lipinski definition) is 4. The molecule has 0 saturated heterocycles. The number of carboxylic acid groups (broad SMARTS) is 1. The van der Waals surface area contributed by atoms with Crippen LogP contribution in [0, 0.1) is 11.8 Å². The van der Waals surface area contributed by atoms with E-state index in [0.29, 0.717) is 18.4 Å². The molecular formula is C19H21NO5. The minimum Gasteiger partial charge on any atom is -0.497 e. The Morgan fingerprint density at radius 1 is 1.32 bits per heavy atom. The lowest BCUT2D eigenvalue weighted by molar-refractivity contribution is 0.0696. The molecular weight excluding hydrogens is 322 g/mol. The molecule has 1 aliphatic heterocycles. The number of aromatic carboxylic acids is 1. The van der Waals surface area contributed by atoms with E-state index in [0.717, 1.165) is 29.7 Å². The lowest BCUT2D eigenvalue weighted by Gasteiger charge is -2.36. The number of methoxy groups -OCH3 is 1.